The summed E-state index contributed by atoms with van der Waals surface area (Å²) >= 11 is 0. The molecule has 0 saturated carbocycles. The van der Waals surface area contributed by atoms with Crippen molar-refractivity contribution in [1.82, 2.24) is 9.97 Å². The van der Waals surface area contributed by atoms with Gasteiger partial charge in [-0.2, -0.15) is 8.42 Å². The Hall–Kier alpha value is -3.45. The highest BCUT2D eigenvalue weighted by Crippen LogP contribution is 2.23. The molecule has 3 aromatic carbocycles. The molecule has 0 radical (unpaired) electrons. The maximum atomic E-state index is 12.3. The molecule has 27 heavy (non-hydrogen) atoms. The normalized spacial score (nSPS) is 11.4. The van der Waals surface area contributed by atoms with Crippen LogP contribution in [0.2, 0.25) is 0 Å². The van der Waals surface area contributed by atoms with Crippen molar-refractivity contribution in [3.8, 4) is 17.1 Å². The number of benzene rings is 3. The van der Waals surface area contributed by atoms with E-state index in [1.54, 1.807) is 48.5 Å². The molecule has 0 atom stereocenters. The van der Waals surface area contributed by atoms with Crippen molar-refractivity contribution in [3.05, 3.63) is 89.2 Å². The van der Waals surface area contributed by atoms with Crippen molar-refractivity contribution in [1.29, 1.82) is 0 Å². The summed E-state index contributed by atoms with van der Waals surface area (Å²) in [7, 11) is -3.90. The zero-order valence-corrected chi connectivity index (χ0v) is 14.8. The molecule has 134 valence electrons. The van der Waals surface area contributed by atoms with Gasteiger partial charge in [0.2, 0.25) is 0 Å². The van der Waals surface area contributed by atoms with Crippen LogP contribution < -0.4 is 9.74 Å². The molecule has 1 N–H and O–H groups in total. The summed E-state index contributed by atoms with van der Waals surface area (Å²) < 4.78 is 29.7. The van der Waals surface area contributed by atoms with Gasteiger partial charge in [0.15, 0.2) is 0 Å². The second-order valence-corrected chi connectivity index (χ2v) is 7.35. The number of nitrogens with zero attached hydrogens (tertiary/aromatic N) is 1. The Morgan fingerprint density at radius 2 is 1.48 bits per heavy atom. The summed E-state index contributed by atoms with van der Waals surface area (Å²) in [6.45, 7) is 0. The third kappa shape index (κ3) is 3.45. The van der Waals surface area contributed by atoms with E-state index in [0.29, 0.717) is 22.3 Å². The second kappa shape index (κ2) is 6.69. The van der Waals surface area contributed by atoms with E-state index in [9.17, 15) is 13.2 Å². The molecule has 0 unspecified atom stereocenters. The van der Waals surface area contributed by atoms with E-state index in [-0.39, 0.29) is 16.2 Å². The molecule has 4 aromatic rings. The summed E-state index contributed by atoms with van der Waals surface area (Å²) in [6.07, 6.45) is 0. The molecule has 4 rings (SSSR count). The smallest absolute Gasteiger partial charge is 0.339 e. The lowest BCUT2D eigenvalue weighted by molar-refractivity contribution is 0.486. The molecule has 0 aliphatic carbocycles. The predicted octanol–water partition coefficient (Wildman–Crippen LogP) is 3.36. The molecule has 0 aliphatic rings. The third-order valence-electron chi connectivity index (χ3n) is 3.98. The minimum atomic E-state index is -3.90. The zero-order chi connectivity index (χ0) is 18.9. The molecule has 1 aromatic heterocycles. The Bertz CT molecular complexity index is 1260. The van der Waals surface area contributed by atoms with Crippen LogP contribution in [0.25, 0.3) is 22.3 Å². The number of aromatic nitrogens is 2. The monoisotopic (exact) mass is 378 g/mol. The summed E-state index contributed by atoms with van der Waals surface area (Å²) in [5.41, 5.74) is 0.994. The molecule has 0 fully saturated rings. The molecule has 6 nitrogen and oxygen atoms in total. The number of H-pyrrole nitrogens is 1. The van der Waals surface area contributed by atoms with Crippen LogP contribution in [0.3, 0.4) is 0 Å². The van der Waals surface area contributed by atoms with Crippen LogP contribution in [0, 0.1) is 0 Å². The van der Waals surface area contributed by atoms with Gasteiger partial charge in [-0.1, -0.05) is 30.3 Å². The first-order chi connectivity index (χ1) is 13.0. The van der Waals surface area contributed by atoms with Crippen molar-refractivity contribution in [3.63, 3.8) is 0 Å². The van der Waals surface area contributed by atoms with Crippen LogP contribution in [-0.2, 0) is 10.1 Å². The first-order valence-electron chi connectivity index (χ1n) is 8.12. The van der Waals surface area contributed by atoms with Crippen molar-refractivity contribution < 1.29 is 12.6 Å². The standard InChI is InChI=1S/C20H14N2O4S/c23-20-17-8-4-5-9-18(17)21-19(22-20)14-10-12-15(13-11-14)26-27(24,25)16-6-2-1-3-7-16/h1-13H,(H,21,22,23). The van der Waals surface area contributed by atoms with Crippen LogP contribution in [0.4, 0.5) is 0 Å². The van der Waals surface area contributed by atoms with Gasteiger partial charge in [0.25, 0.3) is 5.56 Å². The van der Waals surface area contributed by atoms with E-state index in [1.807, 2.05) is 6.07 Å². The van der Waals surface area contributed by atoms with Gasteiger partial charge < -0.3 is 9.17 Å². The zero-order valence-electron chi connectivity index (χ0n) is 14.0. The van der Waals surface area contributed by atoms with Crippen LogP contribution in [0.1, 0.15) is 0 Å². The highest BCUT2D eigenvalue weighted by molar-refractivity contribution is 7.87. The third-order valence-corrected chi connectivity index (χ3v) is 5.24. The fourth-order valence-electron chi connectivity index (χ4n) is 2.65. The molecular weight excluding hydrogens is 364 g/mol. The van der Waals surface area contributed by atoms with E-state index < -0.39 is 10.1 Å². The van der Waals surface area contributed by atoms with Gasteiger partial charge >= 0.3 is 10.1 Å². The highest BCUT2D eigenvalue weighted by atomic mass is 32.2. The molecule has 0 bridgehead atoms. The Kier molecular flexibility index (Phi) is 4.21. The van der Waals surface area contributed by atoms with Gasteiger partial charge in [-0.3, -0.25) is 4.79 Å². The van der Waals surface area contributed by atoms with E-state index >= 15 is 0 Å². The van der Waals surface area contributed by atoms with Gasteiger partial charge in [0.1, 0.15) is 16.5 Å². The number of hydrogen-bond donors (Lipinski definition) is 1. The Morgan fingerprint density at radius 3 is 2.22 bits per heavy atom. The van der Waals surface area contributed by atoms with Gasteiger partial charge in [-0.15, -0.1) is 0 Å². The lowest BCUT2D eigenvalue weighted by Gasteiger charge is -2.08. The van der Waals surface area contributed by atoms with E-state index in [1.165, 1.54) is 24.3 Å². The Balaban J connectivity index is 1.64. The van der Waals surface area contributed by atoms with Crippen molar-refractivity contribution >= 4 is 21.0 Å². The minimum absolute atomic E-state index is 0.0783. The second-order valence-electron chi connectivity index (χ2n) is 5.81. The number of rotatable bonds is 4. The van der Waals surface area contributed by atoms with E-state index in [4.69, 9.17) is 4.18 Å². The first-order valence-corrected chi connectivity index (χ1v) is 9.53. The van der Waals surface area contributed by atoms with Crippen LogP contribution in [0.5, 0.6) is 5.75 Å². The van der Waals surface area contributed by atoms with Gasteiger partial charge in [0.05, 0.1) is 10.9 Å². The SMILES string of the molecule is O=c1[nH]c(-c2ccc(OS(=O)(=O)c3ccccc3)cc2)nc2ccccc12. The fourth-order valence-corrected chi connectivity index (χ4v) is 3.60. The van der Waals surface area contributed by atoms with Crippen molar-refractivity contribution in [2.24, 2.45) is 0 Å². The van der Waals surface area contributed by atoms with Gasteiger partial charge in [0, 0.05) is 5.56 Å². The van der Waals surface area contributed by atoms with Crippen molar-refractivity contribution in [2.45, 2.75) is 4.90 Å². The molecule has 1 heterocycles. The predicted molar refractivity (Wildman–Crippen MR) is 102 cm³/mol. The fraction of sp³-hybridized carbons (Fsp3) is 0. The average molecular weight is 378 g/mol. The van der Waals surface area contributed by atoms with Crippen LogP contribution in [0.15, 0.2) is 88.6 Å². The number of para-hydroxylation sites is 1. The summed E-state index contributed by atoms with van der Waals surface area (Å²) in [4.78, 5) is 19.4. The quantitative estimate of drug-likeness (QED) is 0.550. The molecule has 0 spiro atoms. The lowest BCUT2D eigenvalue weighted by Crippen LogP contribution is -2.10. The molecule has 7 heteroatoms. The Labute approximate surface area is 155 Å². The lowest BCUT2D eigenvalue weighted by atomic mass is 10.2. The topological polar surface area (TPSA) is 89.1 Å². The maximum Gasteiger partial charge on any atom is 0.339 e. The summed E-state index contributed by atoms with van der Waals surface area (Å²) in [6, 6.07) is 21.3. The molecule has 0 amide bonds. The molecular formula is C20H14N2O4S. The van der Waals surface area contributed by atoms with E-state index in [2.05, 4.69) is 9.97 Å². The average Bonchev–Trinajstić information content (AvgIpc) is 2.69. The van der Waals surface area contributed by atoms with E-state index in [0.717, 1.165) is 0 Å². The van der Waals surface area contributed by atoms with Crippen LogP contribution in [-0.4, -0.2) is 18.4 Å². The number of aromatic amines is 1. The van der Waals surface area contributed by atoms with Crippen molar-refractivity contribution in [2.75, 3.05) is 0 Å². The summed E-state index contributed by atoms with van der Waals surface area (Å²) in [5.74, 6) is 0.571. The summed E-state index contributed by atoms with van der Waals surface area (Å²) in [5, 5.41) is 0.509. The number of hydrogen-bond acceptors (Lipinski definition) is 5. The van der Waals surface area contributed by atoms with Crippen LogP contribution >= 0.6 is 0 Å². The minimum Gasteiger partial charge on any atom is -0.379 e. The Morgan fingerprint density at radius 1 is 0.815 bits per heavy atom. The highest BCUT2D eigenvalue weighted by Gasteiger charge is 2.16. The molecule has 0 saturated heterocycles. The van der Waals surface area contributed by atoms with Gasteiger partial charge in [-0.05, 0) is 48.5 Å². The number of nitrogens with one attached hydrogen (secondary N) is 1. The largest absolute Gasteiger partial charge is 0.379 e. The number of fused-ring (bicyclic) bond motifs is 1. The first kappa shape index (κ1) is 17.0. The van der Waals surface area contributed by atoms with Gasteiger partial charge in [-0.25, -0.2) is 4.98 Å². The maximum absolute atomic E-state index is 12.3. The molecule has 0 aliphatic heterocycles.